The van der Waals surface area contributed by atoms with Gasteiger partial charge in [0.1, 0.15) is 0 Å². The number of hydrogen-bond donors (Lipinski definition) is 1. The smallest absolute Gasteiger partial charge is 0.230 e. The first-order valence-electron chi connectivity index (χ1n) is 6.98. The van der Waals surface area contributed by atoms with E-state index in [1.165, 1.54) is 12.0 Å². The van der Waals surface area contributed by atoms with Crippen molar-refractivity contribution in [3.63, 3.8) is 0 Å². The van der Waals surface area contributed by atoms with Crippen molar-refractivity contribution in [3.8, 4) is 0 Å². The Hall–Kier alpha value is -0.930. The summed E-state index contributed by atoms with van der Waals surface area (Å²) >= 11 is 7.47. The zero-order valence-corrected chi connectivity index (χ0v) is 13.1. The summed E-state index contributed by atoms with van der Waals surface area (Å²) in [5, 5.41) is 3.78. The van der Waals surface area contributed by atoms with Crippen LogP contribution in [0.5, 0.6) is 0 Å². The Kier molecular flexibility index (Phi) is 6.48. The monoisotopic (exact) mass is 309 g/mol. The van der Waals surface area contributed by atoms with Gasteiger partial charge in [-0.3, -0.25) is 4.79 Å². The Morgan fingerprint density at radius 2 is 2.10 bits per heavy atom. The Labute approximate surface area is 130 Å². The lowest BCUT2D eigenvalue weighted by atomic mass is 9.94. The van der Waals surface area contributed by atoms with Gasteiger partial charge >= 0.3 is 0 Å². The third-order valence-electron chi connectivity index (χ3n) is 3.38. The van der Waals surface area contributed by atoms with Crippen LogP contribution in [0.4, 0.5) is 0 Å². The van der Waals surface area contributed by atoms with Crippen LogP contribution in [0, 0.1) is 5.92 Å². The van der Waals surface area contributed by atoms with Crippen LogP contribution in [0.15, 0.2) is 36.4 Å². The van der Waals surface area contributed by atoms with Crippen molar-refractivity contribution in [2.75, 3.05) is 12.3 Å². The SMILES string of the molecule is O=C(CSCc1ccc(Cl)cc1)NC[C@@H]1CC=CCC1. The number of allylic oxidation sites excluding steroid dienone is 2. The van der Waals surface area contributed by atoms with Crippen molar-refractivity contribution in [2.45, 2.75) is 25.0 Å². The third kappa shape index (κ3) is 5.59. The van der Waals surface area contributed by atoms with E-state index in [0.29, 0.717) is 11.7 Å². The van der Waals surface area contributed by atoms with Gasteiger partial charge in [-0.15, -0.1) is 11.8 Å². The topological polar surface area (TPSA) is 29.1 Å². The molecule has 1 aliphatic rings. The number of amides is 1. The minimum absolute atomic E-state index is 0.138. The van der Waals surface area contributed by atoms with Gasteiger partial charge in [-0.2, -0.15) is 0 Å². The normalized spacial score (nSPS) is 17.9. The molecular formula is C16H20ClNOS. The van der Waals surface area contributed by atoms with Crippen LogP contribution in [0.2, 0.25) is 5.02 Å². The zero-order valence-electron chi connectivity index (χ0n) is 11.5. The van der Waals surface area contributed by atoms with E-state index in [1.54, 1.807) is 11.8 Å². The number of carbonyl (C=O) groups excluding carboxylic acids is 1. The summed E-state index contributed by atoms with van der Waals surface area (Å²) in [5.74, 6) is 2.12. The van der Waals surface area contributed by atoms with Crippen LogP contribution in [0.1, 0.15) is 24.8 Å². The molecule has 0 fully saturated rings. The van der Waals surface area contributed by atoms with Crippen molar-refractivity contribution >= 4 is 29.3 Å². The molecule has 108 valence electrons. The largest absolute Gasteiger partial charge is 0.355 e. The van der Waals surface area contributed by atoms with Crippen molar-refractivity contribution in [2.24, 2.45) is 5.92 Å². The first kappa shape index (κ1) is 15.5. The van der Waals surface area contributed by atoms with Gasteiger partial charge in [0.25, 0.3) is 0 Å². The first-order valence-corrected chi connectivity index (χ1v) is 8.51. The van der Waals surface area contributed by atoms with Crippen LogP contribution >= 0.6 is 23.4 Å². The van der Waals surface area contributed by atoms with E-state index in [1.807, 2.05) is 24.3 Å². The fourth-order valence-corrected chi connectivity index (χ4v) is 3.14. The predicted molar refractivity (Wildman–Crippen MR) is 87.1 cm³/mol. The standard InChI is InChI=1S/C16H20ClNOS/c17-15-8-6-14(7-9-15)11-20-12-16(19)18-10-13-4-2-1-3-5-13/h1-2,6-9,13H,3-5,10-12H2,(H,18,19)/t13-/m1/s1. The number of halogens is 1. The van der Waals surface area contributed by atoms with Crippen LogP contribution in [-0.2, 0) is 10.5 Å². The molecule has 0 heterocycles. The zero-order chi connectivity index (χ0) is 14.2. The maximum atomic E-state index is 11.8. The van der Waals surface area contributed by atoms with E-state index in [2.05, 4.69) is 17.5 Å². The molecule has 1 amide bonds. The molecule has 4 heteroatoms. The number of carbonyl (C=O) groups is 1. The molecule has 1 atom stereocenters. The highest BCUT2D eigenvalue weighted by Crippen LogP contribution is 2.17. The fourth-order valence-electron chi connectivity index (χ4n) is 2.19. The summed E-state index contributed by atoms with van der Waals surface area (Å²) in [6.07, 6.45) is 7.87. The second-order valence-corrected chi connectivity index (χ2v) is 6.50. The van der Waals surface area contributed by atoms with Crippen molar-refractivity contribution in [3.05, 3.63) is 47.0 Å². The van der Waals surface area contributed by atoms with E-state index in [4.69, 9.17) is 11.6 Å². The molecule has 0 aromatic heterocycles. The average Bonchev–Trinajstić information content (AvgIpc) is 2.48. The molecule has 1 aromatic carbocycles. The van der Waals surface area contributed by atoms with Gasteiger partial charge in [0.05, 0.1) is 5.75 Å². The fraction of sp³-hybridized carbons (Fsp3) is 0.438. The summed E-state index contributed by atoms with van der Waals surface area (Å²) in [6, 6.07) is 7.77. The molecule has 1 aliphatic carbocycles. The van der Waals surface area contributed by atoms with Gasteiger partial charge in [-0.05, 0) is 42.9 Å². The summed E-state index contributed by atoms with van der Waals surface area (Å²) in [7, 11) is 0. The van der Waals surface area contributed by atoms with Crippen molar-refractivity contribution in [1.82, 2.24) is 5.32 Å². The summed E-state index contributed by atoms with van der Waals surface area (Å²) in [6.45, 7) is 0.810. The number of benzene rings is 1. The lowest BCUT2D eigenvalue weighted by molar-refractivity contribution is -0.118. The van der Waals surface area contributed by atoms with E-state index < -0.39 is 0 Å². The van der Waals surface area contributed by atoms with Gasteiger partial charge in [-0.1, -0.05) is 35.9 Å². The van der Waals surface area contributed by atoms with Crippen LogP contribution in [0.3, 0.4) is 0 Å². The predicted octanol–water partition coefficient (Wildman–Crippen LogP) is 4.05. The first-order chi connectivity index (χ1) is 9.74. The lowest BCUT2D eigenvalue weighted by Gasteiger charge is -2.17. The molecule has 1 N–H and O–H groups in total. The highest BCUT2D eigenvalue weighted by Gasteiger charge is 2.11. The van der Waals surface area contributed by atoms with Gasteiger partial charge in [0.2, 0.25) is 5.91 Å². The molecular weight excluding hydrogens is 290 g/mol. The molecule has 0 saturated heterocycles. The molecule has 0 spiro atoms. The number of rotatable bonds is 6. The van der Waals surface area contributed by atoms with E-state index >= 15 is 0 Å². The highest BCUT2D eigenvalue weighted by atomic mass is 35.5. The highest BCUT2D eigenvalue weighted by molar-refractivity contribution is 7.99. The second-order valence-electron chi connectivity index (χ2n) is 5.07. The lowest BCUT2D eigenvalue weighted by Crippen LogP contribution is -2.31. The molecule has 2 nitrogen and oxygen atoms in total. The maximum absolute atomic E-state index is 11.8. The van der Waals surface area contributed by atoms with Crippen LogP contribution in [-0.4, -0.2) is 18.2 Å². The third-order valence-corrected chi connectivity index (χ3v) is 4.64. The molecule has 0 unspecified atom stereocenters. The van der Waals surface area contributed by atoms with Gasteiger partial charge in [0, 0.05) is 17.3 Å². The number of thioether (sulfide) groups is 1. The molecule has 0 aliphatic heterocycles. The molecule has 1 aromatic rings. The average molecular weight is 310 g/mol. The van der Waals surface area contributed by atoms with Crippen LogP contribution < -0.4 is 5.32 Å². The molecule has 0 radical (unpaired) electrons. The van der Waals surface area contributed by atoms with E-state index in [0.717, 1.165) is 30.2 Å². The van der Waals surface area contributed by atoms with Gasteiger partial charge < -0.3 is 5.32 Å². The molecule has 2 rings (SSSR count). The minimum atomic E-state index is 0.138. The van der Waals surface area contributed by atoms with Gasteiger partial charge in [0.15, 0.2) is 0 Å². The summed E-state index contributed by atoms with van der Waals surface area (Å²) in [5.41, 5.74) is 1.20. The maximum Gasteiger partial charge on any atom is 0.230 e. The Balaban J connectivity index is 1.60. The molecule has 0 saturated carbocycles. The molecule has 20 heavy (non-hydrogen) atoms. The van der Waals surface area contributed by atoms with Crippen LogP contribution in [0.25, 0.3) is 0 Å². The van der Waals surface area contributed by atoms with E-state index in [-0.39, 0.29) is 5.91 Å². The Morgan fingerprint density at radius 3 is 2.80 bits per heavy atom. The van der Waals surface area contributed by atoms with Crippen molar-refractivity contribution in [1.29, 1.82) is 0 Å². The second kappa shape index (κ2) is 8.38. The summed E-state index contributed by atoms with van der Waals surface area (Å²) in [4.78, 5) is 11.8. The quantitative estimate of drug-likeness (QED) is 0.803. The number of hydrogen-bond acceptors (Lipinski definition) is 2. The van der Waals surface area contributed by atoms with Gasteiger partial charge in [-0.25, -0.2) is 0 Å². The Bertz CT molecular complexity index is 458. The summed E-state index contributed by atoms with van der Waals surface area (Å²) < 4.78 is 0. The Morgan fingerprint density at radius 1 is 1.30 bits per heavy atom. The van der Waals surface area contributed by atoms with Crippen molar-refractivity contribution < 1.29 is 4.79 Å². The molecule has 0 bridgehead atoms. The number of nitrogens with one attached hydrogen (secondary N) is 1. The van der Waals surface area contributed by atoms with E-state index in [9.17, 15) is 4.79 Å². The minimum Gasteiger partial charge on any atom is -0.355 e.